The fourth-order valence-corrected chi connectivity index (χ4v) is 3.21. The molecular weight excluding hydrogens is 312 g/mol. The standard InChI is InChI=1S/C20H26N4O/c1-23-17-4-2-3-15(11-17)14-24-9-7-18(8-10-24)25-19-5-6-20(22)16(12-19)13-21/h2-6,11-13,18,21,23H,7-10,14,22H2,1H3. The predicted molar refractivity (Wildman–Crippen MR) is 104 cm³/mol. The van der Waals surface area contributed by atoms with E-state index in [2.05, 4.69) is 34.5 Å². The number of rotatable bonds is 6. The zero-order valence-corrected chi connectivity index (χ0v) is 14.7. The quantitative estimate of drug-likeness (QED) is 0.558. The summed E-state index contributed by atoms with van der Waals surface area (Å²) in [6.07, 6.45) is 3.51. The van der Waals surface area contributed by atoms with Gasteiger partial charge in [0.1, 0.15) is 11.9 Å². The van der Waals surface area contributed by atoms with Crippen molar-refractivity contribution in [1.29, 1.82) is 5.41 Å². The molecule has 1 aliphatic rings. The van der Waals surface area contributed by atoms with Crippen molar-refractivity contribution in [2.24, 2.45) is 0 Å². The second-order valence-corrected chi connectivity index (χ2v) is 6.48. The first-order chi connectivity index (χ1) is 12.2. The van der Waals surface area contributed by atoms with Gasteiger partial charge in [-0.3, -0.25) is 4.90 Å². The van der Waals surface area contributed by atoms with Crippen molar-refractivity contribution in [3.05, 3.63) is 53.6 Å². The van der Waals surface area contributed by atoms with Gasteiger partial charge in [0.15, 0.2) is 0 Å². The van der Waals surface area contributed by atoms with Gasteiger partial charge in [0.05, 0.1) is 0 Å². The van der Waals surface area contributed by atoms with Crippen LogP contribution in [0.2, 0.25) is 0 Å². The van der Waals surface area contributed by atoms with Crippen LogP contribution in [0, 0.1) is 5.41 Å². The molecule has 0 spiro atoms. The van der Waals surface area contributed by atoms with Gasteiger partial charge in [0, 0.05) is 49.8 Å². The van der Waals surface area contributed by atoms with Crippen LogP contribution in [0.3, 0.4) is 0 Å². The number of ether oxygens (including phenoxy) is 1. The summed E-state index contributed by atoms with van der Waals surface area (Å²) in [6.45, 7) is 3.03. The van der Waals surface area contributed by atoms with Crippen molar-refractivity contribution >= 4 is 17.6 Å². The Morgan fingerprint density at radius 3 is 2.76 bits per heavy atom. The topological polar surface area (TPSA) is 74.4 Å². The smallest absolute Gasteiger partial charge is 0.120 e. The van der Waals surface area contributed by atoms with Gasteiger partial charge in [0.25, 0.3) is 0 Å². The highest BCUT2D eigenvalue weighted by molar-refractivity contribution is 5.85. The van der Waals surface area contributed by atoms with E-state index in [9.17, 15) is 0 Å². The molecule has 1 fully saturated rings. The van der Waals surface area contributed by atoms with Crippen LogP contribution >= 0.6 is 0 Å². The molecule has 2 aromatic rings. The number of piperidine rings is 1. The van der Waals surface area contributed by atoms with E-state index in [0.717, 1.165) is 43.9 Å². The molecule has 0 unspecified atom stereocenters. The van der Waals surface area contributed by atoms with E-state index in [1.165, 1.54) is 11.8 Å². The van der Waals surface area contributed by atoms with E-state index < -0.39 is 0 Å². The highest BCUT2D eigenvalue weighted by Gasteiger charge is 2.20. The second-order valence-electron chi connectivity index (χ2n) is 6.48. The van der Waals surface area contributed by atoms with E-state index in [1.807, 2.05) is 19.2 Å². The van der Waals surface area contributed by atoms with Gasteiger partial charge in [-0.05, 0) is 48.7 Å². The molecule has 1 heterocycles. The number of nitrogens with two attached hydrogens (primary N) is 1. The lowest BCUT2D eigenvalue weighted by Gasteiger charge is -2.32. The Labute approximate surface area is 149 Å². The van der Waals surface area contributed by atoms with E-state index in [4.69, 9.17) is 15.9 Å². The molecule has 0 bridgehead atoms. The monoisotopic (exact) mass is 338 g/mol. The zero-order chi connectivity index (χ0) is 17.6. The molecule has 132 valence electrons. The number of nitrogens with zero attached hydrogens (tertiary/aromatic N) is 1. The summed E-state index contributed by atoms with van der Waals surface area (Å²) in [5.74, 6) is 0.799. The summed E-state index contributed by atoms with van der Waals surface area (Å²) in [4.78, 5) is 2.47. The van der Waals surface area contributed by atoms with E-state index in [0.29, 0.717) is 11.3 Å². The summed E-state index contributed by atoms with van der Waals surface area (Å²) in [7, 11) is 1.95. The summed E-state index contributed by atoms with van der Waals surface area (Å²) < 4.78 is 6.09. The average molecular weight is 338 g/mol. The molecule has 4 N–H and O–H groups in total. The minimum absolute atomic E-state index is 0.224. The molecular formula is C20H26N4O. The highest BCUT2D eigenvalue weighted by atomic mass is 16.5. The largest absolute Gasteiger partial charge is 0.490 e. The van der Waals surface area contributed by atoms with E-state index in [1.54, 1.807) is 6.07 Å². The third-order valence-electron chi connectivity index (χ3n) is 4.67. The first-order valence-electron chi connectivity index (χ1n) is 8.73. The van der Waals surface area contributed by atoms with Crippen LogP contribution in [-0.4, -0.2) is 37.4 Å². The third kappa shape index (κ3) is 4.51. The molecule has 3 rings (SSSR count). The number of hydrogen-bond acceptors (Lipinski definition) is 5. The predicted octanol–water partition coefficient (Wildman–Crippen LogP) is 3.35. The molecule has 1 saturated heterocycles. The summed E-state index contributed by atoms with van der Waals surface area (Å²) in [5, 5.41) is 10.6. The van der Waals surface area contributed by atoms with Crippen LogP contribution in [0.25, 0.3) is 0 Å². The lowest BCUT2D eigenvalue weighted by molar-refractivity contribution is 0.0968. The Kier molecular flexibility index (Phi) is 5.56. The second kappa shape index (κ2) is 8.03. The maximum Gasteiger partial charge on any atom is 0.120 e. The van der Waals surface area contributed by atoms with Crippen LogP contribution in [0.1, 0.15) is 24.0 Å². The van der Waals surface area contributed by atoms with Gasteiger partial charge in [-0.15, -0.1) is 0 Å². The molecule has 2 aromatic carbocycles. The van der Waals surface area contributed by atoms with Gasteiger partial charge < -0.3 is 21.2 Å². The maximum absolute atomic E-state index is 7.39. The minimum atomic E-state index is 0.224. The maximum atomic E-state index is 7.39. The number of nitrogens with one attached hydrogen (secondary N) is 2. The van der Waals surface area contributed by atoms with Crippen molar-refractivity contribution in [3.63, 3.8) is 0 Å². The number of benzene rings is 2. The number of nitrogen functional groups attached to an aromatic ring is 1. The third-order valence-corrected chi connectivity index (χ3v) is 4.67. The van der Waals surface area contributed by atoms with Crippen molar-refractivity contribution < 1.29 is 4.74 Å². The van der Waals surface area contributed by atoms with Crippen molar-refractivity contribution in [2.75, 3.05) is 31.2 Å². The zero-order valence-electron chi connectivity index (χ0n) is 14.7. The molecule has 1 aliphatic heterocycles. The van der Waals surface area contributed by atoms with Crippen LogP contribution in [0.5, 0.6) is 5.75 Å². The number of anilines is 2. The molecule has 0 saturated carbocycles. The molecule has 0 atom stereocenters. The van der Waals surface area contributed by atoms with Crippen LogP contribution in [0.15, 0.2) is 42.5 Å². The first kappa shape index (κ1) is 17.3. The van der Waals surface area contributed by atoms with Crippen molar-refractivity contribution in [2.45, 2.75) is 25.5 Å². The molecule has 0 radical (unpaired) electrons. The lowest BCUT2D eigenvalue weighted by Crippen LogP contribution is -2.37. The van der Waals surface area contributed by atoms with Crippen LogP contribution < -0.4 is 15.8 Å². The summed E-state index contributed by atoms with van der Waals surface area (Å²) >= 11 is 0. The first-order valence-corrected chi connectivity index (χ1v) is 8.73. The lowest BCUT2D eigenvalue weighted by atomic mass is 10.1. The molecule has 0 aromatic heterocycles. The van der Waals surface area contributed by atoms with Gasteiger partial charge in [-0.25, -0.2) is 0 Å². The van der Waals surface area contributed by atoms with E-state index in [-0.39, 0.29) is 6.10 Å². The molecule has 0 amide bonds. The molecule has 5 nitrogen and oxygen atoms in total. The average Bonchev–Trinajstić information content (AvgIpc) is 2.65. The summed E-state index contributed by atoms with van der Waals surface area (Å²) in [5.41, 5.74) is 9.63. The number of hydrogen-bond donors (Lipinski definition) is 3. The minimum Gasteiger partial charge on any atom is -0.490 e. The van der Waals surface area contributed by atoms with Gasteiger partial charge in [-0.1, -0.05) is 12.1 Å². The van der Waals surface area contributed by atoms with Crippen molar-refractivity contribution in [3.8, 4) is 5.75 Å². The molecule has 0 aliphatic carbocycles. The normalized spacial score (nSPS) is 15.7. The Morgan fingerprint density at radius 1 is 1.24 bits per heavy atom. The van der Waals surface area contributed by atoms with Gasteiger partial charge >= 0.3 is 0 Å². The van der Waals surface area contributed by atoms with Crippen LogP contribution in [0.4, 0.5) is 11.4 Å². The van der Waals surface area contributed by atoms with Gasteiger partial charge in [-0.2, -0.15) is 0 Å². The number of likely N-dealkylation sites (tertiary alicyclic amines) is 1. The Morgan fingerprint density at radius 2 is 2.04 bits per heavy atom. The van der Waals surface area contributed by atoms with Crippen molar-refractivity contribution in [1.82, 2.24) is 4.90 Å². The highest BCUT2D eigenvalue weighted by Crippen LogP contribution is 2.23. The Balaban J connectivity index is 1.52. The fourth-order valence-electron chi connectivity index (χ4n) is 3.21. The Bertz CT molecular complexity index is 723. The summed E-state index contributed by atoms with van der Waals surface area (Å²) in [6, 6.07) is 14.1. The van der Waals surface area contributed by atoms with Gasteiger partial charge in [0.2, 0.25) is 0 Å². The van der Waals surface area contributed by atoms with E-state index >= 15 is 0 Å². The molecule has 25 heavy (non-hydrogen) atoms. The Hall–Kier alpha value is -2.53. The fraction of sp³-hybridized carbons (Fsp3) is 0.350. The van der Waals surface area contributed by atoms with Crippen LogP contribution in [-0.2, 0) is 6.54 Å². The molecule has 5 heteroatoms. The SMILES string of the molecule is CNc1cccc(CN2CCC(Oc3ccc(N)c(C=N)c3)CC2)c1.